The fourth-order valence-electron chi connectivity index (χ4n) is 2.22. The standard InChI is InChI=1S/C14H18Cl2N2O2S/c1-10-5-7-18(8-6-10)21(19,20)13-4-3-12(15)11(9-17-2)14(13)16/h3-5,17H,6-9H2,1-2H3. The lowest BCUT2D eigenvalue weighted by Crippen LogP contribution is -2.35. The highest BCUT2D eigenvalue weighted by Crippen LogP contribution is 2.33. The van der Waals surface area contributed by atoms with Gasteiger partial charge in [0.2, 0.25) is 10.0 Å². The summed E-state index contributed by atoms with van der Waals surface area (Å²) in [6.07, 6.45) is 2.67. The Morgan fingerprint density at radius 1 is 1.33 bits per heavy atom. The SMILES string of the molecule is CNCc1c(Cl)ccc(S(=O)(=O)N2CC=C(C)CC2)c1Cl. The van der Waals surface area contributed by atoms with Crippen molar-refractivity contribution >= 4 is 33.2 Å². The van der Waals surface area contributed by atoms with E-state index >= 15 is 0 Å². The molecule has 0 saturated heterocycles. The zero-order chi connectivity index (χ0) is 15.6. The summed E-state index contributed by atoms with van der Waals surface area (Å²) in [7, 11) is -1.85. The van der Waals surface area contributed by atoms with Gasteiger partial charge in [0.25, 0.3) is 0 Å². The molecule has 0 bridgehead atoms. The zero-order valence-corrected chi connectivity index (χ0v) is 14.3. The first-order chi connectivity index (χ1) is 9.87. The van der Waals surface area contributed by atoms with Crippen molar-refractivity contribution in [3.8, 4) is 0 Å². The number of hydrogen-bond acceptors (Lipinski definition) is 3. The molecule has 1 aromatic rings. The first-order valence-corrected chi connectivity index (χ1v) is 8.84. The average molecular weight is 349 g/mol. The molecule has 0 atom stereocenters. The van der Waals surface area contributed by atoms with Gasteiger partial charge in [-0.3, -0.25) is 0 Å². The maximum absolute atomic E-state index is 12.7. The van der Waals surface area contributed by atoms with Gasteiger partial charge in [0, 0.05) is 30.2 Å². The number of halogens is 2. The van der Waals surface area contributed by atoms with Crippen LogP contribution in [0.2, 0.25) is 10.0 Å². The van der Waals surface area contributed by atoms with E-state index in [0.29, 0.717) is 30.2 Å². The first kappa shape index (κ1) is 16.8. The summed E-state index contributed by atoms with van der Waals surface area (Å²) in [4.78, 5) is 0.117. The molecule has 0 saturated carbocycles. The summed E-state index contributed by atoms with van der Waals surface area (Å²) in [5.41, 5.74) is 1.81. The first-order valence-electron chi connectivity index (χ1n) is 6.65. The summed E-state index contributed by atoms with van der Waals surface area (Å²) in [5, 5.41) is 3.60. The lowest BCUT2D eigenvalue weighted by molar-refractivity contribution is 0.431. The van der Waals surface area contributed by atoms with Crippen molar-refractivity contribution in [1.82, 2.24) is 9.62 Å². The highest BCUT2D eigenvalue weighted by Gasteiger charge is 2.28. The molecule has 0 aliphatic carbocycles. The summed E-state index contributed by atoms with van der Waals surface area (Å²) >= 11 is 12.4. The molecule has 1 heterocycles. The summed E-state index contributed by atoms with van der Waals surface area (Å²) in [6.45, 7) is 3.28. The Kier molecular flexibility index (Phi) is 5.33. The van der Waals surface area contributed by atoms with Crippen molar-refractivity contribution in [2.24, 2.45) is 0 Å². The van der Waals surface area contributed by atoms with Crippen LogP contribution in [0.25, 0.3) is 0 Å². The van der Waals surface area contributed by atoms with Crippen LogP contribution in [0.5, 0.6) is 0 Å². The Bertz CT molecular complexity index is 672. The van der Waals surface area contributed by atoms with Crippen molar-refractivity contribution in [1.29, 1.82) is 0 Å². The normalized spacial score (nSPS) is 16.9. The molecule has 2 rings (SSSR count). The van der Waals surface area contributed by atoms with Crippen molar-refractivity contribution in [2.75, 3.05) is 20.1 Å². The van der Waals surface area contributed by atoms with E-state index in [9.17, 15) is 8.42 Å². The summed E-state index contributed by atoms with van der Waals surface area (Å²) in [6, 6.07) is 3.06. The third-order valence-corrected chi connectivity index (χ3v) is 6.33. The van der Waals surface area contributed by atoms with Crippen LogP contribution in [0.4, 0.5) is 0 Å². The maximum atomic E-state index is 12.7. The van der Waals surface area contributed by atoms with Gasteiger partial charge in [-0.15, -0.1) is 0 Å². The molecule has 1 aliphatic rings. The van der Waals surface area contributed by atoms with Crippen molar-refractivity contribution in [3.63, 3.8) is 0 Å². The van der Waals surface area contributed by atoms with Gasteiger partial charge in [-0.2, -0.15) is 4.31 Å². The van der Waals surface area contributed by atoms with Crippen LogP contribution >= 0.6 is 23.2 Å². The van der Waals surface area contributed by atoms with E-state index < -0.39 is 10.0 Å². The second-order valence-corrected chi connectivity index (χ2v) is 7.72. The Hall–Kier alpha value is -0.590. The topological polar surface area (TPSA) is 49.4 Å². The molecule has 1 aliphatic heterocycles. The minimum absolute atomic E-state index is 0.117. The summed E-state index contributed by atoms with van der Waals surface area (Å²) in [5.74, 6) is 0. The molecule has 1 N–H and O–H groups in total. The van der Waals surface area contributed by atoms with Crippen LogP contribution in [0.15, 0.2) is 28.7 Å². The lowest BCUT2D eigenvalue weighted by Gasteiger charge is -2.25. The van der Waals surface area contributed by atoms with Gasteiger partial charge in [0.15, 0.2) is 0 Å². The van der Waals surface area contributed by atoms with Gasteiger partial charge in [-0.1, -0.05) is 34.9 Å². The molecule has 1 aromatic carbocycles. The van der Waals surface area contributed by atoms with Gasteiger partial charge in [-0.25, -0.2) is 8.42 Å². The van der Waals surface area contributed by atoms with Crippen molar-refractivity contribution in [3.05, 3.63) is 39.4 Å². The van der Waals surface area contributed by atoms with E-state index in [1.165, 1.54) is 15.9 Å². The Balaban J connectivity index is 2.43. The van der Waals surface area contributed by atoms with Crippen molar-refractivity contribution < 1.29 is 8.42 Å². The van der Waals surface area contributed by atoms with Gasteiger partial charge >= 0.3 is 0 Å². The molecule has 4 nitrogen and oxygen atoms in total. The van der Waals surface area contributed by atoms with E-state index in [1.807, 2.05) is 13.0 Å². The number of nitrogens with zero attached hydrogens (tertiary/aromatic N) is 1. The third kappa shape index (κ3) is 3.43. The molecule has 0 fully saturated rings. The van der Waals surface area contributed by atoms with Crippen LogP contribution in [0, 0.1) is 0 Å². The second kappa shape index (κ2) is 6.67. The highest BCUT2D eigenvalue weighted by atomic mass is 35.5. The predicted molar refractivity (Wildman–Crippen MR) is 86.4 cm³/mol. The van der Waals surface area contributed by atoms with Gasteiger partial charge in [0.1, 0.15) is 4.90 Å². The summed E-state index contributed by atoms with van der Waals surface area (Å²) < 4.78 is 26.9. The molecule has 0 aromatic heterocycles. The monoisotopic (exact) mass is 348 g/mol. The number of nitrogens with one attached hydrogen (secondary N) is 1. The maximum Gasteiger partial charge on any atom is 0.244 e. The predicted octanol–water partition coefficient (Wildman–Crippen LogP) is 3.05. The molecular formula is C14H18Cl2N2O2S. The van der Waals surface area contributed by atoms with Crippen LogP contribution in [0.3, 0.4) is 0 Å². The molecule has 7 heteroatoms. The van der Waals surface area contributed by atoms with Gasteiger partial charge < -0.3 is 5.32 Å². The minimum Gasteiger partial charge on any atom is -0.316 e. The smallest absolute Gasteiger partial charge is 0.244 e. The molecule has 21 heavy (non-hydrogen) atoms. The fourth-order valence-corrected chi connectivity index (χ4v) is 4.49. The number of rotatable bonds is 4. The Labute approximate surface area is 135 Å². The van der Waals surface area contributed by atoms with E-state index in [0.717, 1.165) is 6.42 Å². The number of sulfonamides is 1. The lowest BCUT2D eigenvalue weighted by atomic mass is 10.1. The van der Waals surface area contributed by atoms with E-state index in [1.54, 1.807) is 13.1 Å². The largest absolute Gasteiger partial charge is 0.316 e. The van der Waals surface area contributed by atoms with Crippen LogP contribution < -0.4 is 5.32 Å². The van der Waals surface area contributed by atoms with Crippen LogP contribution in [-0.4, -0.2) is 32.9 Å². The van der Waals surface area contributed by atoms with Crippen LogP contribution in [0.1, 0.15) is 18.9 Å². The number of hydrogen-bond donors (Lipinski definition) is 1. The number of benzene rings is 1. The fraction of sp³-hybridized carbons (Fsp3) is 0.429. The molecular weight excluding hydrogens is 331 g/mol. The Morgan fingerprint density at radius 2 is 2.05 bits per heavy atom. The Morgan fingerprint density at radius 3 is 2.62 bits per heavy atom. The second-order valence-electron chi connectivity index (χ2n) is 5.03. The molecule has 116 valence electrons. The highest BCUT2D eigenvalue weighted by molar-refractivity contribution is 7.89. The molecule has 0 amide bonds. The third-order valence-electron chi connectivity index (χ3n) is 3.52. The molecule has 0 unspecified atom stereocenters. The quantitative estimate of drug-likeness (QED) is 0.850. The van der Waals surface area contributed by atoms with E-state index in [2.05, 4.69) is 5.32 Å². The average Bonchev–Trinajstić information content (AvgIpc) is 2.43. The van der Waals surface area contributed by atoms with Gasteiger partial charge in [-0.05, 0) is 32.5 Å². The molecule has 0 spiro atoms. The van der Waals surface area contributed by atoms with Crippen LogP contribution in [-0.2, 0) is 16.6 Å². The van der Waals surface area contributed by atoms with E-state index in [4.69, 9.17) is 23.2 Å². The van der Waals surface area contributed by atoms with Gasteiger partial charge in [0.05, 0.1) is 5.02 Å². The minimum atomic E-state index is -3.60. The van der Waals surface area contributed by atoms with Crippen molar-refractivity contribution in [2.45, 2.75) is 24.8 Å². The molecule has 0 radical (unpaired) electrons. The zero-order valence-electron chi connectivity index (χ0n) is 12.0. The van der Waals surface area contributed by atoms with E-state index in [-0.39, 0.29) is 9.92 Å².